The van der Waals surface area contributed by atoms with E-state index in [0.717, 1.165) is 86.8 Å². The molecule has 440 valence electrons. The molecular formula is C54H78N10O14S2. The standard InChI is InChI=1S/C27H39N5O7S.C14H26N4O6S.C13H13NO/c1-26(2,3)38-24(34)29-22(30-25(35)39-27(4,5)6)32-14-18(15-32)40(36,37)31-23(33)28-21-19-11-7-9-16(19)13-17-10-8-12-20(17)21;1-13(2,3)23-11(19)16-10(17-12(20)24-14(4,5)6)18-7-9(8-18)25(15,21)22;14-8-15-13-11-5-1-3-9(11)7-10-4-2-6-12(10)13/h13,18H,7-12,14-15H2,1-6H3,(H2,28,31,33)(H,29,30,34,35);9H,7-8H2,1-6H3,(H2,15,21,22)(H,16,17,19,20);7H,1-6H2. The van der Waals surface area contributed by atoms with Gasteiger partial charge in [0.1, 0.15) is 38.7 Å². The molecule has 4 aliphatic carbocycles. The quantitative estimate of drug-likeness (QED) is 0.0878. The Morgan fingerprint density at radius 2 is 0.912 bits per heavy atom. The number of sulfonamides is 2. The van der Waals surface area contributed by atoms with E-state index >= 15 is 0 Å². The number of aryl methyl sites for hydroxylation is 4. The molecule has 2 aromatic rings. The van der Waals surface area contributed by atoms with Crippen LogP contribution in [0, 0.1) is 11.5 Å². The van der Waals surface area contributed by atoms with E-state index in [2.05, 4.69) is 42.8 Å². The van der Waals surface area contributed by atoms with E-state index in [1.54, 1.807) is 83.1 Å². The lowest BCUT2D eigenvalue weighted by Gasteiger charge is -2.40. The van der Waals surface area contributed by atoms with Crippen molar-refractivity contribution < 1.29 is 64.5 Å². The largest absolute Gasteiger partial charge is 0.444 e. The molecule has 0 saturated carbocycles. The number of guanidine groups is 2. The van der Waals surface area contributed by atoms with Crippen molar-refractivity contribution in [3.05, 3.63) is 56.6 Å². The SMILES string of the molecule is CC(C)(C)OC(=O)N=C(NC(=O)OC(C)(C)C)N1CC(S(=O)(=O)NC(=O)Nc2c3c(cc4c2CCC4)CCC3)C1.CC(C)(C)OC(=O)N=C(NC(=O)OC(C)(C)C)N1CC(S(N)(=O)=O)C1.N#COc1c2c(cc3c1CCC3)CCC2. The number of carbonyl (C=O) groups excluding carboxylic acids is 5. The summed E-state index contributed by atoms with van der Waals surface area (Å²) in [5.74, 6) is 0.554. The summed E-state index contributed by atoms with van der Waals surface area (Å²) in [5, 5.41) is 19.6. The van der Waals surface area contributed by atoms with Gasteiger partial charge in [0.05, 0.1) is 0 Å². The van der Waals surface area contributed by atoms with Gasteiger partial charge in [-0.2, -0.15) is 0 Å². The number of carbonyl (C=O) groups is 5. The highest BCUT2D eigenvalue weighted by atomic mass is 32.2. The summed E-state index contributed by atoms with van der Waals surface area (Å²) >= 11 is 0. The van der Waals surface area contributed by atoms with Crippen molar-refractivity contribution in [3.8, 4) is 12.0 Å². The smallest absolute Gasteiger partial charge is 0.437 e. The molecule has 8 rings (SSSR count). The maximum atomic E-state index is 13.0. The molecule has 0 bridgehead atoms. The van der Waals surface area contributed by atoms with Crippen molar-refractivity contribution in [3.63, 3.8) is 0 Å². The number of nitriles is 1. The number of amides is 6. The molecule has 0 spiro atoms. The van der Waals surface area contributed by atoms with Crippen LogP contribution in [-0.2, 0) is 90.4 Å². The number of rotatable bonds is 5. The molecule has 6 amide bonds. The number of anilines is 1. The minimum absolute atomic E-state index is 0.00371. The average Bonchev–Trinajstić information content (AvgIpc) is 4.10. The third kappa shape index (κ3) is 17.6. The van der Waals surface area contributed by atoms with Gasteiger partial charge in [0, 0.05) is 31.9 Å². The van der Waals surface area contributed by atoms with E-state index in [1.807, 2.05) is 6.26 Å². The predicted octanol–water partition coefficient (Wildman–Crippen LogP) is 6.91. The third-order valence-corrected chi connectivity index (χ3v) is 16.0. The number of fused-ring (bicyclic) bond motifs is 4. The summed E-state index contributed by atoms with van der Waals surface area (Å²) in [6.45, 7) is 19.8. The van der Waals surface area contributed by atoms with Gasteiger partial charge in [0.15, 0.2) is 0 Å². The fraction of sp³-hybridized carbons (Fsp3) is 0.630. The molecule has 6 N–H and O–H groups in total. The Morgan fingerprint density at radius 3 is 1.26 bits per heavy atom. The van der Waals surface area contributed by atoms with Crippen molar-refractivity contribution >= 4 is 68.1 Å². The Labute approximate surface area is 469 Å². The van der Waals surface area contributed by atoms with Gasteiger partial charge >= 0.3 is 30.4 Å². The van der Waals surface area contributed by atoms with E-state index in [0.29, 0.717) is 0 Å². The van der Waals surface area contributed by atoms with Gasteiger partial charge < -0.3 is 38.8 Å². The second-order valence-corrected chi connectivity index (χ2v) is 28.3. The average molecular weight is 1160 g/mol. The fourth-order valence-corrected chi connectivity index (χ4v) is 11.8. The number of ether oxygens (including phenoxy) is 5. The van der Waals surface area contributed by atoms with Gasteiger partial charge in [-0.05, 0) is 205 Å². The lowest BCUT2D eigenvalue weighted by molar-refractivity contribution is 0.0532. The van der Waals surface area contributed by atoms with Crippen LogP contribution >= 0.6 is 0 Å². The van der Waals surface area contributed by atoms with Crippen LogP contribution in [0.5, 0.6) is 5.75 Å². The van der Waals surface area contributed by atoms with Crippen LogP contribution in [0.2, 0.25) is 0 Å². The van der Waals surface area contributed by atoms with Gasteiger partial charge in [0.2, 0.25) is 32.0 Å². The summed E-state index contributed by atoms with van der Waals surface area (Å²) < 4.78 is 76.6. The highest BCUT2D eigenvalue weighted by molar-refractivity contribution is 7.90. The first-order chi connectivity index (χ1) is 37.0. The Bertz CT molecular complexity index is 3000. The first kappa shape index (κ1) is 62.5. The topological polar surface area (TPSA) is 329 Å². The van der Waals surface area contributed by atoms with Crippen LogP contribution < -0.4 is 30.5 Å². The summed E-state index contributed by atoms with van der Waals surface area (Å²) in [6.07, 6.45) is 10.8. The molecule has 2 aliphatic heterocycles. The molecule has 6 aliphatic rings. The number of urea groups is 1. The maximum absolute atomic E-state index is 13.0. The van der Waals surface area contributed by atoms with Crippen molar-refractivity contribution in [2.75, 3.05) is 31.5 Å². The van der Waals surface area contributed by atoms with Gasteiger partial charge in [0.25, 0.3) is 6.26 Å². The van der Waals surface area contributed by atoms with Gasteiger partial charge in [-0.3, -0.25) is 10.6 Å². The number of nitrogens with zero attached hydrogens (tertiary/aromatic N) is 5. The minimum Gasteiger partial charge on any atom is -0.444 e. The van der Waals surface area contributed by atoms with Crippen molar-refractivity contribution in [1.29, 1.82) is 5.26 Å². The van der Waals surface area contributed by atoms with Crippen molar-refractivity contribution in [2.45, 2.75) is 193 Å². The number of likely N-dealkylation sites (tertiary alicyclic amines) is 2. The molecule has 0 atom stereocenters. The molecule has 2 heterocycles. The Kier molecular flexibility index (Phi) is 19.2. The van der Waals surface area contributed by atoms with Crippen LogP contribution in [-0.4, -0.2) is 128 Å². The zero-order valence-electron chi connectivity index (χ0n) is 48.0. The maximum Gasteiger partial charge on any atom is 0.437 e. The van der Waals surface area contributed by atoms with Gasteiger partial charge in [-0.25, -0.2) is 50.7 Å². The first-order valence-electron chi connectivity index (χ1n) is 26.8. The Hall–Kier alpha value is -6.72. The molecule has 0 radical (unpaired) electrons. The number of nitrogens with one attached hydrogen (secondary N) is 4. The second-order valence-electron chi connectivity index (χ2n) is 24.4. The zero-order chi connectivity index (χ0) is 59.3. The summed E-state index contributed by atoms with van der Waals surface area (Å²) in [5.41, 5.74) is 7.68. The van der Waals surface area contributed by atoms with Crippen molar-refractivity contribution in [1.82, 2.24) is 25.2 Å². The number of benzene rings is 2. The lowest BCUT2D eigenvalue weighted by atomic mass is 9.99. The molecule has 26 heteroatoms. The van der Waals surface area contributed by atoms with E-state index < -0.39 is 83.4 Å². The third-order valence-electron chi connectivity index (χ3n) is 13.1. The monoisotopic (exact) mass is 1150 g/mol. The fourth-order valence-electron chi connectivity index (χ4n) is 9.77. The molecule has 80 heavy (non-hydrogen) atoms. The van der Waals surface area contributed by atoms with Crippen LogP contribution in [0.1, 0.15) is 153 Å². The van der Waals surface area contributed by atoms with Crippen LogP contribution in [0.15, 0.2) is 22.1 Å². The Morgan fingerprint density at radius 1 is 0.562 bits per heavy atom. The van der Waals surface area contributed by atoms with Crippen LogP contribution in [0.3, 0.4) is 0 Å². The van der Waals surface area contributed by atoms with Crippen LogP contribution in [0.25, 0.3) is 0 Å². The molecule has 0 aromatic heterocycles. The summed E-state index contributed by atoms with van der Waals surface area (Å²) in [7, 11) is -7.77. The molecule has 2 fully saturated rings. The van der Waals surface area contributed by atoms with Crippen LogP contribution in [0.4, 0.5) is 29.7 Å². The van der Waals surface area contributed by atoms with Gasteiger partial charge in [-0.15, -0.1) is 15.2 Å². The Balaban J connectivity index is 0.000000217. The highest BCUT2D eigenvalue weighted by Crippen LogP contribution is 2.41. The normalized spacial score (nSPS) is 17.2. The molecule has 0 unspecified atom stereocenters. The predicted molar refractivity (Wildman–Crippen MR) is 298 cm³/mol. The minimum atomic E-state index is -4.07. The number of aliphatic imine (C=N–C) groups is 2. The van der Waals surface area contributed by atoms with Gasteiger partial charge in [-0.1, -0.05) is 12.1 Å². The first-order valence-corrected chi connectivity index (χ1v) is 30.0. The molecule has 2 saturated heterocycles. The lowest BCUT2D eigenvalue weighted by Crippen LogP contribution is -2.63. The number of primary sulfonamides is 1. The number of hydrogen-bond donors (Lipinski definition) is 5. The van der Waals surface area contributed by atoms with E-state index in [9.17, 15) is 40.8 Å². The molecule has 2 aromatic carbocycles. The van der Waals surface area contributed by atoms with Crippen molar-refractivity contribution in [2.24, 2.45) is 15.1 Å². The summed E-state index contributed by atoms with van der Waals surface area (Å²) in [4.78, 5) is 71.7. The number of alkyl carbamates (subject to hydrolysis) is 2. The van der Waals surface area contributed by atoms with E-state index in [4.69, 9.17) is 34.1 Å². The second kappa shape index (κ2) is 24.6. The van der Waals surface area contributed by atoms with E-state index in [-0.39, 0.29) is 38.1 Å². The molecule has 24 nitrogen and oxygen atoms in total. The zero-order valence-corrected chi connectivity index (χ0v) is 49.6. The van der Waals surface area contributed by atoms with E-state index in [1.165, 1.54) is 56.0 Å². The number of hydrogen-bond acceptors (Lipinski definition) is 15. The highest BCUT2D eigenvalue weighted by Gasteiger charge is 2.42. The molecular weight excluding hydrogens is 1080 g/mol. The summed E-state index contributed by atoms with van der Waals surface area (Å²) in [6, 6.07) is 3.77. The number of nitrogens with two attached hydrogens (primary N) is 1.